The van der Waals surface area contributed by atoms with Crippen LogP contribution in [0, 0.1) is 0 Å². The van der Waals surface area contributed by atoms with Crippen molar-refractivity contribution in [2.75, 3.05) is 25.9 Å². The van der Waals surface area contributed by atoms with Gasteiger partial charge >= 0.3 is 0 Å². The fourth-order valence-corrected chi connectivity index (χ4v) is 4.12. The molecule has 1 aromatic carbocycles. The van der Waals surface area contributed by atoms with E-state index in [-0.39, 0.29) is 28.1 Å². The fraction of sp³-hybridized carbons (Fsp3) is 0.500. The van der Waals surface area contributed by atoms with Gasteiger partial charge in [0.25, 0.3) is 5.91 Å². The number of benzene rings is 1. The van der Waals surface area contributed by atoms with E-state index in [4.69, 9.17) is 11.6 Å². The SMILES string of the molecule is CSc1ncc(Cl)c(C(=O)NCC(c2ccc(C(C)(C)C)cc2)N2CCCC2)n1. The highest BCUT2D eigenvalue weighted by molar-refractivity contribution is 7.98. The zero-order valence-corrected chi connectivity index (χ0v) is 19.1. The Balaban J connectivity index is 1.77. The van der Waals surface area contributed by atoms with Crippen LogP contribution in [0.25, 0.3) is 0 Å². The van der Waals surface area contributed by atoms with Gasteiger partial charge in [-0.3, -0.25) is 9.69 Å². The van der Waals surface area contributed by atoms with Crippen LogP contribution < -0.4 is 5.32 Å². The predicted octanol–water partition coefficient (Wildman–Crippen LogP) is 4.72. The molecule has 1 aromatic heterocycles. The number of rotatable bonds is 6. The number of thioether (sulfide) groups is 1. The molecule has 1 aliphatic heterocycles. The first-order valence-corrected chi connectivity index (χ1v) is 11.6. The van der Waals surface area contributed by atoms with E-state index in [1.54, 1.807) is 0 Å². The van der Waals surface area contributed by atoms with E-state index in [0.717, 1.165) is 13.1 Å². The zero-order chi connectivity index (χ0) is 21.0. The van der Waals surface area contributed by atoms with Gasteiger partial charge in [0, 0.05) is 6.54 Å². The maximum Gasteiger partial charge on any atom is 0.271 e. The average Bonchev–Trinajstić information content (AvgIpc) is 3.22. The van der Waals surface area contributed by atoms with Crippen LogP contribution >= 0.6 is 23.4 Å². The molecule has 2 aromatic rings. The molecule has 1 fully saturated rings. The van der Waals surface area contributed by atoms with E-state index >= 15 is 0 Å². The first-order valence-electron chi connectivity index (χ1n) is 9.99. The van der Waals surface area contributed by atoms with E-state index in [0.29, 0.717) is 11.7 Å². The van der Waals surface area contributed by atoms with Gasteiger partial charge in [0.1, 0.15) is 0 Å². The molecule has 0 aliphatic carbocycles. The number of amides is 1. The summed E-state index contributed by atoms with van der Waals surface area (Å²) in [5, 5.41) is 3.85. The highest BCUT2D eigenvalue weighted by atomic mass is 35.5. The van der Waals surface area contributed by atoms with Gasteiger partial charge in [-0.25, -0.2) is 9.97 Å². The number of nitrogens with one attached hydrogen (secondary N) is 1. The highest BCUT2D eigenvalue weighted by Gasteiger charge is 2.25. The molecule has 3 rings (SSSR count). The van der Waals surface area contributed by atoms with Gasteiger partial charge in [0.2, 0.25) is 0 Å². The number of carbonyl (C=O) groups excluding carboxylic acids is 1. The number of hydrogen-bond acceptors (Lipinski definition) is 5. The van der Waals surface area contributed by atoms with Crippen molar-refractivity contribution in [2.45, 2.75) is 50.2 Å². The van der Waals surface area contributed by atoms with Crippen molar-refractivity contribution in [3.63, 3.8) is 0 Å². The van der Waals surface area contributed by atoms with Gasteiger partial charge in [0.15, 0.2) is 10.9 Å². The predicted molar refractivity (Wildman–Crippen MR) is 120 cm³/mol. The fourth-order valence-electron chi connectivity index (χ4n) is 3.60. The average molecular weight is 433 g/mol. The van der Waals surface area contributed by atoms with Crippen LogP contribution in [0.5, 0.6) is 0 Å². The summed E-state index contributed by atoms with van der Waals surface area (Å²) in [6.07, 6.45) is 5.74. The molecule has 5 nitrogen and oxygen atoms in total. The standard InChI is InChI=1S/C22H29ClN4OS/c1-22(2,3)16-9-7-15(8-10-16)18(27-11-5-6-12-27)14-24-20(28)19-17(23)13-25-21(26-19)29-4/h7-10,13,18H,5-6,11-12,14H2,1-4H3,(H,24,28). The van der Waals surface area contributed by atoms with E-state index < -0.39 is 0 Å². The van der Waals surface area contributed by atoms with E-state index in [9.17, 15) is 4.79 Å². The third kappa shape index (κ3) is 5.50. The van der Waals surface area contributed by atoms with Crippen LogP contribution in [-0.4, -0.2) is 46.7 Å². The van der Waals surface area contributed by atoms with Crippen molar-refractivity contribution in [3.05, 3.63) is 52.3 Å². The summed E-state index contributed by atoms with van der Waals surface area (Å²) in [5.74, 6) is -0.261. The summed E-state index contributed by atoms with van der Waals surface area (Å²) < 4.78 is 0. The van der Waals surface area contributed by atoms with E-state index in [1.807, 2.05) is 6.26 Å². The summed E-state index contributed by atoms with van der Waals surface area (Å²) >= 11 is 7.55. The summed E-state index contributed by atoms with van der Waals surface area (Å²) in [6.45, 7) is 9.26. The Labute approximate surface area is 182 Å². The zero-order valence-electron chi connectivity index (χ0n) is 17.5. The van der Waals surface area contributed by atoms with Gasteiger partial charge in [-0.15, -0.1) is 0 Å². The Hall–Kier alpha value is -1.63. The normalized spacial score (nSPS) is 16.0. The van der Waals surface area contributed by atoms with Crippen LogP contribution in [0.4, 0.5) is 0 Å². The Bertz CT molecular complexity index is 845. The van der Waals surface area contributed by atoms with Gasteiger partial charge in [-0.05, 0) is 48.7 Å². The Morgan fingerprint density at radius 1 is 1.24 bits per heavy atom. The second kappa shape index (κ2) is 9.45. The lowest BCUT2D eigenvalue weighted by molar-refractivity contribution is 0.0932. The minimum absolute atomic E-state index is 0.120. The Morgan fingerprint density at radius 3 is 2.48 bits per heavy atom. The lowest BCUT2D eigenvalue weighted by atomic mass is 9.86. The Kier molecular flexibility index (Phi) is 7.19. The largest absolute Gasteiger partial charge is 0.349 e. The number of aromatic nitrogens is 2. The van der Waals surface area contributed by atoms with Crippen LogP contribution in [-0.2, 0) is 5.41 Å². The van der Waals surface area contributed by atoms with Crippen molar-refractivity contribution >= 4 is 29.3 Å². The van der Waals surface area contributed by atoms with Crippen molar-refractivity contribution in [2.24, 2.45) is 0 Å². The van der Waals surface area contributed by atoms with Crippen LogP contribution in [0.1, 0.15) is 61.3 Å². The topological polar surface area (TPSA) is 58.1 Å². The molecule has 0 spiro atoms. The van der Waals surface area contributed by atoms with Crippen molar-refractivity contribution in [1.29, 1.82) is 0 Å². The molecule has 156 valence electrons. The van der Waals surface area contributed by atoms with Crippen LogP contribution in [0.3, 0.4) is 0 Å². The number of halogens is 1. The summed E-state index contributed by atoms with van der Waals surface area (Å²) in [4.78, 5) is 23.6. The maximum atomic E-state index is 12.8. The first-order chi connectivity index (χ1) is 13.8. The second-order valence-electron chi connectivity index (χ2n) is 8.39. The molecule has 1 unspecified atom stereocenters. The minimum Gasteiger partial charge on any atom is -0.349 e. The smallest absolute Gasteiger partial charge is 0.271 e. The van der Waals surface area contributed by atoms with Crippen LogP contribution in [0.15, 0.2) is 35.6 Å². The molecule has 1 N–H and O–H groups in total. The van der Waals surface area contributed by atoms with Gasteiger partial charge in [-0.2, -0.15) is 0 Å². The third-order valence-electron chi connectivity index (χ3n) is 5.32. The minimum atomic E-state index is -0.261. The lowest BCUT2D eigenvalue weighted by Gasteiger charge is -2.29. The molecule has 1 atom stereocenters. The summed E-state index contributed by atoms with van der Waals surface area (Å²) in [6, 6.07) is 8.92. The monoisotopic (exact) mass is 432 g/mol. The molecule has 0 saturated carbocycles. The second-order valence-corrected chi connectivity index (χ2v) is 9.57. The van der Waals surface area contributed by atoms with Crippen molar-refractivity contribution < 1.29 is 4.79 Å². The molecule has 1 amide bonds. The van der Waals surface area contributed by atoms with Gasteiger partial charge in [0.05, 0.1) is 17.3 Å². The molecule has 0 radical (unpaired) electrons. The van der Waals surface area contributed by atoms with E-state index in [2.05, 4.69) is 65.2 Å². The van der Waals surface area contributed by atoms with Crippen molar-refractivity contribution in [1.82, 2.24) is 20.2 Å². The quantitative estimate of drug-likeness (QED) is 0.528. The highest BCUT2D eigenvalue weighted by Crippen LogP contribution is 2.28. The molecule has 29 heavy (non-hydrogen) atoms. The number of hydrogen-bond donors (Lipinski definition) is 1. The van der Waals surface area contributed by atoms with Gasteiger partial charge in [-0.1, -0.05) is 68.4 Å². The molecule has 2 heterocycles. The molecular formula is C22H29ClN4OS. The lowest BCUT2D eigenvalue weighted by Crippen LogP contribution is -2.37. The Morgan fingerprint density at radius 2 is 1.90 bits per heavy atom. The molecular weight excluding hydrogens is 404 g/mol. The summed E-state index contributed by atoms with van der Waals surface area (Å²) in [7, 11) is 0. The molecule has 7 heteroatoms. The van der Waals surface area contributed by atoms with Crippen LogP contribution in [0.2, 0.25) is 5.02 Å². The first kappa shape index (κ1) is 22.1. The molecule has 1 saturated heterocycles. The molecule has 0 bridgehead atoms. The summed E-state index contributed by atoms with van der Waals surface area (Å²) in [5.41, 5.74) is 2.88. The number of carbonyl (C=O) groups is 1. The van der Waals surface area contributed by atoms with E-state index in [1.165, 1.54) is 41.9 Å². The number of nitrogens with zero attached hydrogens (tertiary/aromatic N) is 3. The number of likely N-dealkylation sites (tertiary alicyclic amines) is 1. The van der Waals surface area contributed by atoms with Gasteiger partial charge < -0.3 is 5.32 Å². The third-order valence-corrected chi connectivity index (χ3v) is 6.16. The maximum absolute atomic E-state index is 12.8. The van der Waals surface area contributed by atoms with Crippen molar-refractivity contribution in [3.8, 4) is 0 Å². The molecule has 1 aliphatic rings.